The second kappa shape index (κ2) is 8.12. The van der Waals surface area contributed by atoms with Crippen molar-refractivity contribution in [1.82, 2.24) is 9.80 Å². The second-order valence-corrected chi connectivity index (χ2v) is 7.45. The molecule has 22 heavy (non-hydrogen) atoms. The Morgan fingerprint density at radius 2 is 1.73 bits per heavy atom. The molecule has 2 aliphatic rings. The summed E-state index contributed by atoms with van der Waals surface area (Å²) in [5, 5.41) is 0. The van der Waals surface area contributed by atoms with E-state index in [1.54, 1.807) is 0 Å². The summed E-state index contributed by atoms with van der Waals surface area (Å²) >= 11 is 0. The normalized spacial score (nSPS) is 25.0. The van der Waals surface area contributed by atoms with Crippen molar-refractivity contribution >= 4 is 0 Å². The summed E-state index contributed by atoms with van der Waals surface area (Å²) in [6, 6.07) is 9.02. The van der Waals surface area contributed by atoms with E-state index in [0.29, 0.717) is 0 Å². The summed E-state index contributed by atoms with van der Waals surface area (Å²) < 4.78 is 0. The van der Waals surface area contributed by atoms with Crippen LogP contribution in [0.4, 0.5) is 0 Å². The van der Waals surface area contributed by atoms with Gasteiger partial charge in [-0.15, -0.1) is 0 Å². The van der Waals surface area contributed by atoms with E-state index >= 15 is 0 Å². The van der Waals surface area contributed by atoms with E-state index in [1.807, 2.05) is 0 Å². The fourth-order valence-corrected chi connectivity index (χ4v) is 4.20. The van der Waals surface area contributed by atoms with Crippen molar-refractivity contribution < 1.29 is 0 Å². The highest BCUT2D eigenvalue weighted by molar-refractivity contribution is 5.22. The summed E-state index contributed by atoms with van der Waals surface area (Å²) in [7, 11) is 0. The average molecular weight is 300 g/mol. The lowest BCUT2D eigenvalue weighted by Gasteiger charge is -2.35. The molecule has 2 heteroatoms. The van der Waals surface area contributed by atoms with Crippen molar-refractivity contribution in [3.8, 4) is 0 Å². The molecule has 0 aliphatic carbocycles. The monoisotopic (exact) mass is 300 g/mol. The van der Waals surface area contributed by atoms with Crippen LogP contribution in [0.3, 0.4) is 0 Å². The van der Waals surface area contributed by atoms with Crippen LogP contribution in [0.1, 0.15) is 49.7 Å². The van der Waals surface area contributed by atoms with E-state index in [9.17, 15) is 0 Å². The van der Waals surface area contributed by atoms with Gasteiger partial charge in [-0.25, -0.2) is 0 Å². The molecule has 1 unspecified atom stereocenters. The molecule has 0 radical (unpaired) electrons. The lowest BCUT2D eigenvalue weighted by atomic mass is 9.96. The van der Waals surface area contributed by atoms with Gasteiger partial charge in [-0.2, -0.15) is 0 Å². The third-order valence-corrected chi connectivity index (χ3v) is 5.31. The van der Waals surface area contributed by atoms with Crippen LogP contribution >= 0.6 is 0 Å². The Morgan fingerprint density at radius 1 is 0.955 bits per heavy atom. The molecule has 2 heterocycles. The Labute approximate surface area is 136 Å². The summed E-state index contributed by atoms with van der Waals surface area (Å²) in [4.78, 5) is 5.43. The van der Waals surface area contributed by atoms with Crippen LogP contribution in [0.25, 0.3) is 0 Å². The highest BCUT2D eigenvalue weighted by atomic mass is 15.2. The van der Waals surface area contributed by atoms with Gasteiger partial charge in [0.1, 0.15) is 0 Å². The Balaban J connectivity index is 1.50. The highest BCUT2D eigenvalue weighted by Crippen LogP contribution is 2.21. The van der Waals surface area contributed by atoms with Crippen LogP contribution in [0.2, 0.25) is 0 Å². The number of nitrogens with zero attached hydrogens (tertiary/aromatic N) is 2. The van der Waals surface area contributed by atoms with E-state index < -0.39 is 0 Å². The van der Waals surface area contributed by atoms with Crippen molar-refractivity contribution in [2.45, 2.75) is 52.0 Å². The minimum Gasteiger partial charge on any atom is -0.303 e. The molecule has 0 saturated carbocycles. The fourth-order valence-electron chi connectivity index (χ4n) is 4.20. The van der Waals surface area contributed by atoms with Crippen LogP contribution in [0.15, 0.2) is 24.3 Å². The second-order valence-electron chi connectivity index (χ2n) is 7.45. The van der Waals surface area contributed by atoms with Crippen LogP contribution in [-0.4, -0.2) is 42.5 Å². The molecule has 0 spiro atoms. The third kappa shape index (κ3) is 4.82. The number of benzene rings is 1. The molecule has 0 aromatic heterocycles. The molecule has 1 aromatic rings. The molecular weight excluding hydrogens is 268 g/mol. The lowest BCUT2D eigenvalue weighted by Crippen LogP contribution is -2.41. The quantitative estimate of drug-likeness (QED) is 0.826. The zero-order valence-corrected chi connectivity index (χ0v) is 14.3. The van der Waals surface area contributed by atoms with E-state index in [2.05, 4.69) is 41.0 Å². The first-order chi connectivity index (χ1) is 10.8. The van der Waals surface area contributed by atoms with Gasteiger partial charge in [-0.1, -0.05) is 42.7 Å². The van der Waals surface area contributed by atoms with Crippen molar-refractivity contribution in [2.24, 2.45) is 5.92 Å². The van der Waals surface area contributed by atoms with Gasteiger partial charge in [0, 0.05) is 19.6 Å². The van der Waals surface area contributed by atoms with E-state index in [0.717, 1.165) is 12.5 Å². The van der Waals surface area contributed by atoms with Gasteiger partial charge in [0.25, 0.3) is 0 Å². The van der Waals surface area contributed by atoms with Crippen molar-refractivity contribution in [3.05, 3.63) is 35.4 Å². The van der Waals surface area contributed by atoms with Crippen molar-refractivity contribution in [3.63, 3.8) is 0 Å². The minimum absolute atomic E-state index is 0.886. The molecule has 122 valence electrons. The van der Waals surface area contributed by atoms with Crippen LogP contribution in [0, 0.1) is 12.8 Å². The van der Waals surface area contributed by atoms with Crippen LogP contribution in [-0.2, 0) is 6.54 Å². The summed E-state index contributed by atoms with van der Waals surface area (Å²) in [5.74, 6) is 0.886. The molecule has 3 rings (SSSR count). The molecule has 2 aliphatic heterocycles. The molecule has 2 nitrogen and oxygen atoms in total. The maximum atomic E-state index is 2.74. The number of rotatable bonds is 4. The summed E-state index contributed by atoms with van der Waals surface area (Å²) in [6.45, 7) is 9.93. The first-order valence-electron chi connectivity index (χ1n) is 9.30. The van der Waals surface area contributed by atoms with Crippen molar-refractivity contribution in [2.75, 3.05) is 32.7 Å². The van der Waals surface area contributed by atoms with Gasteiger partial charge in [-0.3, -0.25) is 4.90 Å². The molecule has 0 N–H and O–H groups in total. The first-order valence-corrected chi connectivity index (χ1v) is 9.30. The first kappa shape index (κ1) is 16.0. The summed E-state index contributed by atoms with van der Waals surface area (Å²) in [5.41, 5.74) is 2.87. The highest BCUT2D eigenvalue weighted by Gasteiger charge is 2.22. The maximum Gasteiger partial charge on any atom is 0.0233 e. The Kier molecular flexibility index (Phi) is 5.91. The number of piperidine rings is 1. The zero-order chi connectivity index (χ0) is 15.2. The molecule has 2 saturated heterocycles. The van der Waals surface area contributed by atoms with Gasteiger partial charge >= 0.3 is 0 Å². The van der Waals surface area contributed by atoms with E-state index in [4.69, 9.17) is 0 Å². The number of hydrogen-bond acceptors (Lipinski definition) is 2. The molecular formula is C20H32N2. The lowest BCUT2D eigenvalue weighted by molar-refractivity contribution is 0.129. The number of hydrogen-bond donors (Lipinski definition) is 0. The van der Waals surface area contributed by atoms with Gasteiger partial charge < -0.3 is 4.90 Å². The largest absolute Gasteiger partial charge is 0.303 e. The average Bonchev–Trinajstić information content (AvgIpc) is 2.76. The maximum absolute atomic E-state index is 2.74. The summed E-state index contributed by atoms with van der Waals surface area (Å²) in [6.07, 6.45) is 8.53. The number of likely N-dealkylation sites (tertiary alicyclic amines) is 2. The SMILES string of the molecule is Cc1cccc(CN2CCCC(CN3CCCCCC3)C2)c1. The molecule has 1 aromatic carbocycles. The molecule has 1 atom stereocenters. The fraction of sp³-hybridized carbons (Fsp3) is 0.700. The van der Waals surface area contributed by atoms with Gasteiger partial charge in [0.2, 0.25) is 0 Å². The topological polar surface area (TPSA) is 6.48 Å². The van der Waals surface area contributed by atoms with Gasteiger partial charge in [0.15, 0.2) is 0 Å². The molecule has 0 bridgehead atoms. The number of aryl methyl sites for hydroxylation is 1. The van der Waals surface area contributed by atoms with Crippen molar-refractivity contribution in [1.29, 1.82) is 0 Å². The third-order valence-electron chi connectivity index (χ3n) is 5.31. The van der Waals surface area contributed by atoms with E-state index in [1.165, 1.54) is 82.4 Å². The molecule has 0 amide bonds. The molecule has 2 fully saturated rings. The van der Waals surface area contributed by atoms with Crippen LogP contribution in [0.5, 0.6) is 0 Å². The Morgan fingerprint density at radius 3 is 2.50 bits per heavy atom. The predicted octanol–water partition coefficient (Wildman–Crippen LogP) is 4.08. The zero-order valence-electron chi connectivity index (χ0n) is 14.3. The van der Waals surface area contributed by atoms with Crippen LogP contribution < -0.4 is 0 Å². The predicted molar refractivity (Wildman–Crippen MR) is 94.1 cm³/mol. The Hall–Kier alpha value is -0.860. The smallest absolute Gasteiger partial charge is 0.0233 e. The Bertz CT molecular complexity index is 449. The van der Waals surface area contributed by atoms with Gasteiger partial charge in [-0.05, 0) is 63.7 Å². The minimum atomic E-state index is 0.886. The van der Waals surface area contributed by atoms with Gasteiger partial charge in [0.05, 0.1) is 0 Å². The standard InChI is InChI=1S/C20H32N2/c1-18-8-6-9-19(14-18)15-22-13-7-10-20(17-22)16-21-11-4-2-3-5-12-21/h6,8-9,14,20H,2-5,7,10-13,15-17H2,1H3. The van der Waals surface area contributed by atoms with E-state index in [-0.39, 0.29) is 0 Å².